The number of aliphatic hydroxyl groups excluding tert-OH is 1. The van der Waals surface area contributed by atoms with E-state index in [1.165, 1.54) is 33.3 Å². The van der Waals surface area contributed by atoms with Crippen molar-refractivity contribution in [2.75, 3.05) is 39.3 Å². The highest BCUT2D eigenvalue weighted by Gasteiger charge is 2.25. The Hall–Kier alpha value is -2.70. The SMILES string of the molecule is CCCCN(CCO)C(=O)CN1CCC(c2ccc3[nH]c(-c4cc(C)nc(C)c4)c(C(C)C)c3c2)CC1. The number of carbonyl (C=O) groups excluding carboxylic acids is 1. The molecule has 0 bridgehead atoms. The van der Waals surface area contributed by atoms with Crippen LogP contribution >= 0.6 is 0 Å². The first-order valence-corrected chi connectivity index (χ1v) is 14.0. The smallest absolute Gasteiger partial charge is 0.236 e. The summed E-state index contributed by atoms with van der Waals surface area (Å²) in [7, 11) is 0. The molecule has 0 atom stereocenters. The number of fused-ring (bicyclic) bond motifs is 1. The number of amides is 1. The predicted molar refractivity (Wildman–Crippen MR) is 152 cm³/mol. The fourth-order valence-electron chi connectivity index (χ4n) is 5.84. The van der Waals surface area contributed by atoms with Gasteiger partial charge in [-0.2, -0.15) is 0 Å². The molecule has 6 heteroatoms. The summed E-state index contributed by atoms with van der Waals surface area (Å²) in [5, 5.41) is 10.7. The van der Waals surface area contributed by atoms with Gasteiger partial charge in [-0.15, -0.1) is 0 Å². The number of aryl methyl sites for hydroxylation is 2. The van der Waals surface area contributed by atoms with E-state index in [9.17, 15) is 9.90 Å². The number of aliphatic hydroxyl groups is 1. The van der Waals surface area contributed by atoms with Crippen molar-refractivity contribution in [2.45, 2.75) is 72.1 Å². The number of aromatic amines is 1. The van der Waals surface area contributed by atoms with Crippen LogP contribution < -0.4 is 0 Å². The number of nitrogens with zero attached hydrogens (tertiary/aromatic N) is 3. The van der Waals surface area contributed by atoms with E-state index in [0.29, 0.717) is 24.9 Å². The number of hydrogen-bond acceptors (Lipinski definition) is 4. The van der Waals surface area contributed by atoms with E-state index in [1.807, 2.05) is 4.90 Å². The fraction of sp³-hybridized carbons (Fsp3) is 0.548. The molecule has 2 N–H and O–H groups in total. The first-order valence-electron chi connectivity index (χ1n) is 14.0. The number of carbonyl (C=O) groups is 1. The van der Waals surface area contributed by atoms with Crippen molar-refractivity contribution in [2.24, 2.45) is 0 Å². The van der Waals surface area contributed by atoms with Crippen LogP contribution in [0.15, 0.2) is 30.3 Å². The molecule has 1 fully saturated rings. The van der Waals surface area contributed by atoms with Crippen molar-refractivity contribution in [1.82, 2.24) is 19.8 Å². The Bertz CT molecular complexity index is 1190. The number of hydrogen-bond donors (Lipinski definition) is 2. The third-order valence-corrected chi connectivity index (χ3v) is 7.73. The van der Waals surface area contributed by atoms with Crippen LogP contribution in [0.1, 0.15) is 80.8 Å². The minimum atomic E-state index is 0.0274. The van der Waals surface area contributed by atoms with E-state index in [0.717, 1.165) is 56.7 Å². The molecule has 1 saturated heterocycles. The maximum Gasteiger partial charge on any atom is 0.236 e. The van der Waals surface area contributed by atoms with Crippen LogP contribution in [-0.2, 0) is 4.79 Å². The van der Waals surface area contributed by atoms with Crippen LogP contribution in [-0.4, -0.2) is 70.1 Å². The normalized spacial score (nSPS) is 15.1. The van der Waals surface area contributed by atoms with Crippen molar-refractivity contribution in [3.05, 3.63) is 52.8 Å². The lowest BCUT2D eigenvalue weighted by molar-refractivity contribution is -0.133. The molecule has 0 saturated carbocycles. The van der Waals surface area contributed by atoms with Crippen LogP contribution in [0.3, 0.4) is 0 Å². The lowest BCUT2D eigenvalue weighted by Gasteiger charge is -2.33. The Balaban J connectivity index is 1.49. The van der Waals surface area contributed by atoms with E-state index in [-0.39, 0.29) is 12.5 Å². The number of rotatable bonds is 10. The maximum absolute atomic E-state index is 12.8. The molecular formula is C31H44N4O2. The van der Waals surface area contributed by atoms with Gasteiger partial charge in [0.1, 0.15) is 0 Å². The van der Waals surface area contributed by atoms with Gasteiger partial charge in [-0.3, -0.25) is 14.7 Å². The number of pyridine rings is 1. The summed E-state index contributed by atoms with van der Waals surface area (Å²) in [6.07, 6.45) is 4.15. The molecule has 1 amide bonds. The van der Waals surface area contributed by atoms with Crippen LogP contribution in [0.2, 0.25) is 0 Å². The van der Waals surface area contributed by atoms with Crippen molar-refractivity contribution in [1.29, 1.82) is 0 Å². The molecule has 37 heavy (non-hydrogen) atoms. The van der Waals surface area contributed by atoms with E-state index in [1.54, 1.807) is 0 Å². The molecule has 3 aromatic rings. The monoisotopic (exact) mass is 504 g/mol. The Morgan fingerprint density at radius 1 is 1.14 bits per heavy atom. The van der Waals surface area contributed by atoms with Gasteiger partial charge in [0.15, 0.2) is 0 Å². The van der Waals surface area contributed by atoms with Gasteiger partial charge < -0.3 is 15.0 Å². The minimum Gasteiger partial charge on any atom is -0.395 e. The van der Waals surface area contributed by atoms with E-state index in [2.05, 4.69) is 79.8 Å². The van der Waals surface area contributed by atoms with Crippen molar-refractivity contribution < 1.29 is 9.90 Å². The second-order valence-corrected chi connectivity index (χ2v) is 11.0. The molecule has 1 aliphatic heterocycles. The summed E-state index contributed by atoms with van der Waals surface area (Å²) in [5.74, 6) is 1.05. The van der Waals surface area contributed by atoms with Gasteiger partial charge in [-0.25, -0.2) is 0 Å². The fourth-order valence-corrected chi connectivity index (χ4v) is 5.84. The van der Waals surface area contributed by atoms with Crippen molar-refractivity contribution >= 4 is 16.8 Å². The Labute approximate surface area is 222 Å². The maximum atomic E-state index is 12.8. The van der Waals surface area contributed by atoms with Gasteiger partial charge in [0.2, 0.25) is 5.91 Å². The van der Waals surface area contributed by atoms with E-state index >= 15 is 0 Å². The summed E-state index contributed by atoms with van der Waals surface area (Å²) >= 11 is 0. The molecule has 4 rings (SSSR count). The molecule has 3 heterocycles. The van der Waals surface area contributed by atoms with Gasteiger partial charge in [0, 0.05) is 40.9 Å². The molecule has 1 aliphatic rings. The molecule has 0 unspecified atom stereocenters. The average Bonchev–Trinajstić information content (AvgIpc) is 3.25. The summed E-state index contributed by atoms with van der Waals surface area (Å²) in [5.41, 5.74) is 8.46. The summed E-state index contributed by atoms with van der Waals surface area (Å²) in [4.78, 5) is 25.2. The van der Waals surface area contributed by atoms with Gasteiger partial charge >= 0.3 is 0 Å². The highest BCUT2D eigenvalue weighted by molar-refractivity contribution is 5.92. The van der Waals surface area contributed by atoms with Crippen molar-refractivity contribution in [3.63, 3.8) is 0 Å². The highest BCUT2D eigenvalue weighted by Crippen LogP contribution is 2.38. The number of aromatic nitrogens is 2. The zero-order valence-corrected chi connectivity index (χ0v) is 23.3. The number of likely N-dealkylation sites (tertiary alicyclic amines) is 1. The van der Waals surface area contributed by atoms with Gasteiger partial charge in [0.25, 0.3) is 0 Å². The molecule has 0 radical (unpaired) electrons. The van der Waals surface area contributed by atoms with Crippen LogP contribution in [0.4, 0.5) is 0 Å². The largest absolute Gasteiger partial charge is 0.395 e. The topological polar surface area (TPSA) is 72.5 Å². The molecule has 1 aromatic carbocycles. The van der Waals surface area contributed by atoms with Crippen LogP contribution in [0.25, 0.3) is 22.2 Å². The van der Waals surface area contributed by atoms with Crippen LogP contribution in [0.5, 0.6) is 0 Å². The van der Waals surface area contributed by atoms with Crippen molar-refractivity contribution in [3.8, 4) is 11.3 Å². The number of H-pyrrole nitrogens is 1. The average molecular weight is 505 g/mol. The number of nitrogens with one attached hydrogen (secondary N) is 1. The Morgan fingerprint density at radius 3 is 2.46 bits per heavy atom. The second-order valence-electron chi connectivity index (χ2n) is 11.0. The van der Waals surface area contributed by atoms with Gasteiger partial charge in [-0.1, -0.05) is 33.3 Å². The summed E-state index contributed by atoms with van der Waals surface area (Å²) in [6.45, 7) is 14.3. The first kappa shape index (κ1) is 27.3. The minimum absolute atomic E-state index is 0.0274. The zero-order chi connectivity index (χ0) is 26.5. The lowest BCUT2D eigenvalue weighted by atomic mass is 9.87. The van der Waals surface area contributed by atoms with E-state index in [4.69, 9.17) is 0 Å². The quantitative estimate of drug-likeness (QED) is 0.368. The summed E-state index contributed by atoms with van der Waals surface area (Å²) in [6, 6.07) is 11.3. The first-order chi connectivity index (χ1) is 17.8. The molecular weight excluding hydrogens is 460 g/mol. The summed E-state index contributed by atoms with van der Waals surface area (Å²) < 4.78 is 0. The van der Waals surface area contributed by atoms with Gasteiger partial charge in [-0.05, 0) is 93.4 Å². The van der Waals surface area contributed by atoms with Gasteiger partial charge in [0.05, 0.1) is 18.8 Å². The van der Waals surface area contributed by atoms with E-state index < -0.39 is 0 Å². The number of benzene rings is 1. The molecule has 2 aromatic heterocycles. The second kappa shape index (κ2) is 12.2. The number of piperidine rings is 1. The molecule has 0 spiro atoms. The number of unbranched alkanes of at least 4 members (excludes halogenated alkanes) is 1. The standard InChI is InChI=1S/C31H44N4O2/c1-6-7-12-35(15-16-36)29(37)20-34-13-10-24(11-14-34)25-8-9-28-27(19-25)30(21(2)3)31(33-28)26-17-22(4)32-23(5)18-26/h8-9,17-19,21,24,33,36H,6-7,10-16,20H2,1-5H3. The molecule has 6 nitrogen and oxygen atoms in total. The lowest BCUT2D eigenvalue weighted by Crippen LogP contribution is -2.44. The predicted octanol–water partition coefficient (Wildman–Crippen LogP) is 5.77. The zero-order valence-electron chi connectivity index (χ0n) is 23.3. The Morgan fingerprint density at radius 2 is 1.84 bits per heavy atom. The molecule has 200 valence electrons. The molecule has 0 aliphatic carbocycles. The Kier molecular flexibility index (Phi) is 9.04. The third-order valence-electron chi connectivity index (χ3n) is 7.73. The highest BCUT2D eigenvalue weighted by atomic mass is 16.3. The van der Waals surface area contributed by atoms with Crippen LogP contribution in [0, 0.1) is 13.8 Å². The third kappa shape index (κ3) is 6.42.